The predicted molar refractivity (Wildman–Crippen MR) is 53.9 cm³/mol. The summed E-state index contributed by atoms with van der Waals surface area (Å²) in [5.74, 6) is -0.199. The molecular formula is C10H13N3O. The summed E-state index contributed by atoms with van der Waals surface area (Å²) in [4.78, 5) is 11.4. The molecule has 74 valence electrons. The van der Waals surface area contributed by atoms with Gasteiger partial charge in [-0.1, -0.05) is 12.2 Å². The SMILES string of the molecule is C/C=C/CNC(=O)c1ccc(C)nn1. The van der Waals surface area contributed by atoms with Crippen LogP contribution in [0, 0.1) is 6.92 Å². The molecule has 1 aromatic heterocycles. The van der Waals surface area contributed by atoms with Crippen LogP contribution in [-0.2, 0) is 0 Å². The Balaban J connectivity index is 2.56. The molecule has 0 spiro atoms. The topological polar surface area (TPSA) is 54.9 Å². The summed E-state index contributed by atoms with van der Waals surface area (Å²) in [5, 5.41) is 10.3. The normalized spacial score (nSPS) is 10.4. The van der Waals surface area contributed by atoms with E-state index in [1.807, 2.05) is 26.0 Å². The number of nitrogens with zero attached hydrogens (tertiary/aromatic N) is 2. The van der Waals surface area contributed by atoms with E-state index in [2.05, 4.69) is 15.5 Å². The van der Waals surface area contributed by atoms with Crippen LogP contribution in [0.2, 0.25) is 0 Å². The van der Waals surface area contributed by atoms with Gasteiger partial charge in [-0.25, -0.2) is 0 Å². The molecule has 0 atom stereocenters. The quantitative estimate of drug-likeness (QED) is 0.728. The lowest BCUT2D eigenvalue weighted by atomic mass is 10.3. The average Bonchev–Trinajstić information content (AvgIpc) is 2.19. The van der Waals surface area contributed by atoms with Gasteiger partial charge in [0.2, 0.25) is 0 Å². The Morgan fingerprint density at radius 2 is 2.29 bits per heavy atom. The number of aryl methyl sites for hydroxylation is 1. The van der Waals surface area contributed by atoms with E-state index in [0.717, 1.165) is 5.69 Å². The van der Waals surface area contributed by atoms with Crippen LogP contribution >= 0.6 is 0 Å². The maximum atomic E-state index is 11.4. The molecule has 0 aromatic carbocycles. The number of rotatable bonds is 3. The van der Waals surface area contributed by atoms with Crippen LogP contribution in [0.25, 0.3) is 0 Å². The number of carbonyl (C=O) groups excluding carboxylic acids is 1. The van der Waals surface area contributed by atoms with Gasteiger partial charge in [0.15, 0.2) is 5.69 Å². The van der Waals surface area contributed by atoms with Crippen molar-refractivity contribution in [2.75, 3.05) is 6.54 Å². The number of nitrogens with one attached hydrogen (secondary N) is 1. The van der Waals surface area contributed by atoms with E-state index >= 15 is 0 Å². The Bertz CT molecular complexity index is 330. The number of hydrogen-bond donors (Lipinski definition) is 1. The van der Waals surface area contributed by atoms with Gasteiger partial charge in [0.05, 0.1) is 5.69 Å². The van der Waals surface area contributed by atoms with Crippen molar-refractivity contribution in [2.45, 2.75) is 13.8 Å². The summed E-state index contributed by atoms with van der Waals surface area (Å²) in [6, 6.07) is 3.42. The van der Waals surface area contributed by atoms with Crippen LogP contribution in [-0.4, -0.2) is 22.6 Å². The van der Waals surface area contributed by atoms with Crippen LogP contribution in [0.3, 0.4) is 0 Å². The molecule has 1 N–H and O–H groups in total. The van der Waals surface area contributed by atoms with Crippen molar-refractivity contribution < 1.29 is 4.79 Å². The van der Waals surface area contributed by atoms with Crippen molar-refractivity contribution in [1.29, 1.82) is 0 Å². The number of carbonyl (C=O) groups is 1. The lowest BCUT2D eigenvalue weighted by Gasteiger charge is -2.00. The molecule has 0 bridgehead atoms. The zero-order valence-electron chi connectivity index (χ0n) is 8.32. The highest BCUT2D eigenvalue weighted by Gasteiger charge is 2.04. The summed E-state index contributed by atoms with van der Waals surface area (Å²) < 4.78 is 0. The molecule has 0 aliphatic heterocycles. The zero-order chi connectivity index (χ0) is 10.4. The summed E-state index contributed by atoms with van der Waals surface area (Å²) in [7, 11) is 0. The van der Waals surface area contributed by atoms with Crippen LogP contribution in [0.1, 0.15) is 23.1 Å². The van der Waals surface area contributed by atoms with Gasteiger partial charge < -0.3 is 5.32 Å². The molecule has 14 heavy (non-hydrogen) atoms. The van der Waals surface area contributed by atoms with E-state index in [0.29, 0.717) is 12.2 Å². The first-order valence-corrected chi connectivity index (χ1v) is 4.43. The second-order valence-electron chi connectivity index (χ2n) is 2.84. The van der Waals surface area contributed by atoms with Crippen molar-refractivity contribution in [2.24, 2.45) is 0 Å². The van der Waals surface area contributed by atoms with E-state index in [-0.39, 0.29) is 5.91 Å². The molecule has 0 fully saturated rings. The zero-order valence-corrected chi connectivity index (χ0v) is 8.32. The maximum Gasteiger partial charge on any atom is 0.272 e. The first-order valence-electron chi connectivity index (χ1n) is 4.43. The molecular weight excluding hydrogens is 178 g/mol. The molecule has 0 unspecified atom stereocenters. The van der Waals surface area contributed by atoms with Crippen LogP contribution in [0.15, 0.2) is 24.3 Å². The van der Waals surface area contributed by atoms with Gasteiger partial charge in [-0.3, -0.25) is 4.79 Å². The van der Waals surface area contributed by atoms with E-state index in [1.165, 1.54) is 0 Å². The molecule has 0 aliphatic carbocycles. The Kier molecular flexibility index (Phi) is 3.79. The van der Waals surface area contributed by atoms with Gasteiger partial charge in [-0.15, -0.1) is 5.10 Å². The minimum Gasteiger partial charge on any atom is -0.347 e. The molecule has 0 saturated carbocycles. The van der Waals surface area contributed by atoms with Gasteiger partial charge in [0, 0.05) is 6.54 Å². The lowest BCUT2D eigenvalue weighted by Crippen LogP contribution is -2.24. The van der Waals surface area contributed by atoms with Crippen molar-refractivity contribution in [3.05, 3.63) is 35.7 Å². The highest BCUT2D eigenvalue weighted by Crippen LogP contribution is 1.94. The van der Waals surface area contributed by atoms with Gasteiger partial charge in [-0.2, -0.15) is 5.10 Å². The summed E-state index contributed by atoms with van der Waals surface area (Å²) >= 11 is 0. The van der Waals surface area contributed by atoms with Crippen molar-refractivity contribution in [3.63, 3.8) is 0 Å². The van der Waals surface area contributed by atoms with Crippen molar-refractivity contribution in [1.82, 2.24) is 15.5 Å². The average molecular weight is 191 g/mol. The highest BCUT2D eigenvalue weighted by atomic mass is 16.1. The standard InChI is InChI=1S/C10H13N3O/c1-3-4-7-11-10(14)9-6-5-8(2)12-13-9/h3-6H,7H2,1-2H3,(H,11,14)/b4-3+. The Hall–Kier alpha value is -1.71. The summed E-state index contributed by atoms with van der Waals surface area (Å²) in [5.41, 5.74) is 1.15. The van der Waals surface area contributed by atoms with E-state index < -0.39 is 0 Å². The van der Waals surface area contributed by atoms with Crippen molar-refractivity contribution in [3.8, 4) is 0 Å². The largest absolute Gasteiger partial charge is 0.347 e. The third kappa shape index (κ3) is 2.97. The first kappa shape index (κ1) is 10.4. The molecule has 1 aromatic rings. The van der Waals surface area contributed by atoms with Gasteiger partial charge in [-0.05, 0) is 26.0 Å². The monoisotopic (exact) mass is 191 g/mol. The Labute approximate surface area is 83.1 Å². The molecule has 4 heteroatoms. The Morgan fingerprint density at radius 3 is 2.86 bits per heavy atom. The second-order valence-corrected chi connectivity index (χ2v) is 2.84. The van der Waals surface area contributed by atoms with Gasteiger partial charge in [0.25, 0.3) is 5.91 Å². The minimum atomic E-state index is -0.199. The minimum absolute atomic E-state index is 0.199. The number of aromatic nitrogens is 2. The van der Waals surface area contributed by atoms with E-state index in [1.54, 1.807) is 12.1 Å². The molecule has 1 heterocycles. The number of allylic oxidation sites excluding steroid dienone is 1. The molecule has 0 saturated heterocycles. The van der Waals surface area contributed by atoms with Gasteiger partial charge >= 0.3 is 0 Å². The number of hydrogen-bond acceptors (Lipinski definition) is 3. The predicted octanol–water partition coefficient (Wildman–Crippen LogP) is 1.09. The highest BCUT2D eigenvalue weighted by molar-refractivity contribution is 5.92. The molecule has 1 amide bonds. The van der Waals surface area contributed by atoms with Crippen LogP contribution in [0.5, 0.6) is 0 Å². The van der Waals surface area contributed by atoms with Crippen LogP contribution in [0.4, 0.5) is 0 Å². The second kappa shape index (κ2) is 5.11. The van der Waals surface area contributed by atoms with Crippen molar-refractivity contribution >= 4 is 5.91 Å². The van der Waals surface area contributed by atoms with E-state index in [4.69, 9.17) is 0 Å². The Morgan fingerprint density at radius 1 is 1.50 bits per heavy atom. The molecule has 0 radical (unpaired) electrons. The molecule has 4 nitrogen and oxygen atoms in total. The van der Waals surface area contributed by atoms with Crippen LogP contribution < -0.4 is 5.32 Å². The lowest BCUT2D eigenvalue weighted by molar-refractivity contribution is 0.0952. The molecule has 1 rings (SSSR count). The summed E-state index contributed by atoms with van der Waals surface area (Å²) in [6.45, 7) is 4.25. The third-order valence-corrected chi connectivity index (χ3v) is 1.65. The fourth-order valence-electron chi connectivity index (χ4n) is 0.880. The first-order chi connectivity index (χ1) is 6.74. The summed E-state index contributed by atoms with van der Waals surface area (Å²) in [6.07, 6.45) is 3.74. The fraction of sp³-hybridized carbons (Fsp3) is 0.300. The third-order valence-electron chi connectivity index (χ3n) is 1.65. The molecule has 0 aliphatic rings. The smallest absolute Gasteiger partial charge is 0.272 e. The number of amides is 1. The van der Waals surface area contributed by atoms with E-state index in [9.17, 15) is 4.79 Å². The maximum absolute atomic E-state index is 11.4. The van der Waals surface area contributed by atoms with Gasteiger partial charge in [0.1, 0.15) is 0 Å². The fourth-order valence-corrected chi connectivity index (χ4v) is 0.880.